The summed E-state index contributed by atoms with van der Waals surface area (Å²) in [4.78, 5) is 34.3. The number of carbonyl (C=O) groups excluding carboxylic acids is 2. The average Bonchev–Trinajstić information content (AvgIpc) is 2.90. The summed E-state index contributed by atoms with van der Waals surface area (Å²) in [5.74, 6) is 0.265. The lowest BCUT2D eigenvalue weighted by atomic mass is 10.1. The van der Waals surface area contributed by atoms with Gasteiger partial charge in [0.1, 0.15) is 0 Å². The molecule has 0 radical (unpaired) electrons. The molecule has 0 aliphatic rings. The first-order valence-corrected chi connectivity index (χ1v) is 12.6. The van der Waals surface area contributed by atoms with Gasteiger partial charge in [-0.3, -0.25) is 19.6 Å². The smallest absolute Gasteiger partial charge is 0.239 e. The first kappa shape index (κ1) is 29.1. The number of carbonyl (C=O) groups is 2. The molecular formula is C28H39N7O2. The van der Waals surface area contributed by atoms with Crippen molar-refractivity contribution in [2.24, 2.45) is 21.5 Å². The number of hydrogen-bond donors (Lipinski definition) is 4. The van der Waals surface area contributed by atoms with Gasteiger partial charge in [-0.2, -0.15) is 0 Å². The first-order chi connectivity index (χ1) is 18.0. The Kier molecular flexibility index (Phi) is 13.6. The van der Waals surface area contributed by atoms with Crippen molar-refractivity contribution in [2.45, 2.75) is 32.1 Å². The van der Waals surface area contributed by atoms with E-state index in [1.807, 2.05) is 60.5 Å². The molecule has 0 unspecified atom stereocenters. The molecule has 0 aliphatic carbocycles. The number of nitrogens with one attached hydrogen (secondary N) is 2. The largest absolute Gasteiger partial charge is 0.370 e. The van der Waals surface area contributed by atoms with Crippen LogP contribution in [-0.4, -0.2) is 62.1 Å². The van der Waals surface area contributed by atoms with Crippen LogP contribution in [-0.2, 0) is 16.0 Å². The summed E-state index contributed by atoms with van der Waals surface area (Å²) in [5, 5.41) is 5.97. The standard InChI is InChI=1S/C28H39N7O2/c1-35(21-27(37)32-17-9-4-10-18-33-28(29)30)25(24-15-7-3-8-16-24)20-34-26(22-36)31-19-11-14-23-12-5-2-6-13-23/h2-3,5-8,12-13,15-16,20,22H,4,9-11,14,17-19,21H2,1H3,(H,31,34)(H,32,37)(H4,29,30,33)/b25-20-. The summed E-state index contributed by atoms with van der Waals surface area (Å²) < 4.78 is 0. The Bertz CT molecular complexity index is 1030. The van der Waals surface area contributed by atoms with Crippen LogP contribution in [0.3, 0.4) is 0 Å². The number of unbranched alkanes of at least 4 members (excludes halogenated alkanes) is 2. The number of amides is 1. The maximum Gasteiger partial charge on any atom is 0.239 e. The van der Waals surface area contributed by atoms with Crippen molar-refractivity contribution in [1.82, 2.24) is 15.5 Å². The number of benzene rings is 2. The molecule has 1 amide bonds. The van der Waals surface area contributed by atoms with Gasteiger partial charge in [0.25, 0.3) is 0 Å². The third-order valence-corrected chi connectivity index (χ3v) is 5.53. The summed E-state index contributed by atoms with van der Waals surface area (Å²) in [7, 11) is 1.84. The van der Waals surface area contributed by atoms with Crippen LogP contribution in [0.1, 0.15) is 36.8 Å². The van der Waals surface area contributed by atoms with Gasteiger partial charge in [-0.1, -0.05) is 60.7 Å². The van der Waals surface area contributed by atoms with Crippen molar-refractivity contribution in [1.29, 1.82) is 0 Å². The first-order valence-electron chi connectivity index (χ1n) is 12.6. The quantitative estimate of drug-likeness (QED) is 0.120. The number of guanidine groups is 1. The molecule has 0 saturated heterocycles. The van der Waals surface area contributed by atoms with E-state index in [1.54, 1.807) is 6.20 Å². The minimum Gasteiger partial charge on any atom is -0.370 e. The Hall–Kier alpha value is -4.14. The molecule has 9 nitrogen and oxygen atoms in total. The van der Waals surface area contributed by atoms with Crippen LogP contribution in [0.4, 0.5) is 0 Å². The van der Waals surface area contributed by atoms with Gasteiger partial charge in [-0.15, -0.1) is 0 Å². The van der Waals surface area contributed by atoms with Gasteiger partial charge in [0, 0.05) is 32.9 Å². The van der Waals surface area contributed by atoms with Crippen LogP contribution in [0.25, 0.3) is 5.70 Å². The molecule has 0 fully saturated rings. The maximum atomic E-state index is 12.5. The van der Waals surface area contributed by atoms with Gasteiger partial charge in [0.05, 0.1) is 12.2 Å². The molecule has 2 rings (SSSR count). The maximum absolute atomic E-state index is 12.5. The molecule has 6 N–H and O–H groups in total. The summed E-state index contributed by atoms with van der Waals surface area (Å²) in [6.07, 6.45) is 6.81. The van der Waals surface area contributed by atoms with E-state index < -0.39 is 0 Å². The number of likely N-dealkylation sites (N-methyl/N-ethyl adjacent to an activating group) is 1. The second-order valence-electron chi connectivity index (χ2n) is 8.59. The third kappa shape index (κ3) is 12.4. The van der Waals surface area contributed by atoms with Crippen molar-refractivity contribution in [3.8, 4) is 0 Å². The molecule has 37 heavy (non-hydrogen) atoms. The minimum atomic E-state index is -0.0845. The van der Waals surface area contributed by atoms with Crippen molar-refractivity contribution < 1.29 is 9.59 Å². The zero-order valence-corrected chi connectivity index (χ0v) is 21.6. The molecule has 2 aromatic rings. The second-order valence-corrected chi connectivity index (χ2v) is 8.59. The number of hydrogen-bond acceptors (Lipinski definition) is 5. The third-order valence-electron chi connectivity index (χ3n) is 5.53. The van der Waals surface area contributed by atoms with Crippen LogP contribution in [0, 0.1) is 0 Å². The molecule has 2 aromatic carbocycles. The molecular weight excluding hydrogens is 466 g/mol. The highest BCUT2D eigenvalue weighted by molar-refractivity contribution is 6.27. The number of nitrogens with zero attached hydrogens (tertiary/aromatic N) is 3. The van der Waals surface area contributed by atoms with Crippen molar-refractivity contribution >= 4 is 29.7 Å². The topological polar surface area (TPSA) is 138 Å². The Morgan fingerprint density at radius 2 is 1.59 bits per heavy atom. The van der Waals surface area contributed by atoms with Gasteiger partial charge in [0.2, 0.25) is 5.91 Å². The fourth-order valence-corrected chi connectivity index (χ4v) is 3.62. The molecule has 0 spiro atoms. The summed E-state index contributed by atoms with van der Waals surface area (Å²) in [6.45, 7) is 1.88. The van der Waals surface area contributed by atoms with E-state index in [1.165, 1.54) is 5.56 Å². The number of rotatable bonds is 16. The monoisotopic (exact) mass is 505 g/mol. The summed E-state index contributed by atoms with van der Waals surface area (Å²) >= 11 is 0. The lowest BCUT2D eigenvalue weighted by Gasteiger charge is -2.23. The highest BCUT2D eigenvalue weighted by Gasteiger charge is 2.12. The normalized spacial score (nSPS) is 11.5. The Labute approximate surface area is 219 Å². The highest BCUT2D eigenvalue weighted by Crippen LogP contribution is 2.16. The summed E-state index contributed by atoms with van der Waals surface area (Å²) in [6, 6.07) is 19.9. The van der Waals surface area contributed by atoms with E-state index in [0.29, 0.717) is 25.9 Å². The van der Waals surface area contributed by atoms with Gasteiger partial charge in [-0.25, -0.2) is 0 Å². The van der Waals surface area contributed by atoms with E-state index in [9.17, 15) is 9.59 Å². The van der Waals surface area contributed by atoms with Gasteiger partial charge < -0.3 is 27.0 Å². The van der Waals surface area contributed by atoms with E-state index in [0.717, 1.165) is 43.4 Å². The Balaban J connectivity index is 1.90. The number of aliphatic imine (C=N–C) groups is 2. The SMILES string of the molecule is CN(CC(=O)NCCCCCN=C(N)N)/C(=C\NC(C=O)=NCCCc1ccccc1)c1ccccc1. The fraction of sp³-hybridized carbons (Fsp3) is 0.357. The average molecular weight is 506 g/mol. The number of amidine groups is 1. The van der Waals surface area contributed by atoms with E-state index >= 15 is 0 Å². The molecule has 0 aliphatic heterocycles. The van der Waals surface area contributed by atoms with E-state index in [4.69, 9.17) is 11.5 Å². The van der Waals surface area contributed by atoms with Crippen LogP contribution >= 0.6 is 0 Å². The molecule has 0 saturated carbocycles. The van der Waals surface area contributed by atoms with E-state index in [2.05, 4.69) is 32.8 Å². The highest BCUT2D eigenvalue weighted by atomic mass is 16.2. The molecule has 0 heterocycles. The summed E-state index contributed by atoms with van der Waals surface area (Å²) in [5.41, 5.74) is 13.6. The van der Waals surface area contributed by atoms with Crippen LogP contribution in [0.2, 0.25) is 0 Å². The van der Waals surface area contributed by atoms with E-state index in [-0.39, 0.29) is 24.2 Å². The Morgan fingerprint density at radius 3 is 2.27 bits per heavy atom. The van der Waals surface area contributed by atoms with Crippen LogP contribution < -0.4 is 22.1 Å². The number of nitrogens with two attached hydrogens (primary N) is 2. The lowest BCUT2D eigenvalue weighted by Crippen LogP contribution is -2.35. The zero-order valence-electron chi connectivity index (χ0n) is 21.6. The minimum absolute atomic E-state index is 0.0845. The molecule has 0 aromatic heterocycles. The predicted octanol–water partition coefficient (Wildman–Crippen LogP) is 2.30. The van der Waals surface area contributed by atoms with Gasteiger partial charge >= 0.3 is 0 Å². The van der Waals surface area contributed by atoms with Crippen LogP contribution in [0.15, 0.2) is 76.8 Å². The zero-order chi connectivity index (χ0) is 26.7. The molecule has 0 atom stereocenters. The van der Waals surface area contributed by atoms with Gasteiger partial charge in [-0.05, 0) is 43.2 Å². The number of aldehydes is 1. The van der Waals surface area contributed by atoms with Gasteiger partial charge in [0.15, 0.2) is 18.1 Å². The van der Waals surface area contributed by atoms with Crippen LogP contribution in [0.5, 0.6) is 0 Å². The lowest BCUT2D eigenvalue weighted by molar-refractivity contribution is -0.121. The van der Waals surface area contributed by atoms with Crippen molar-refractivity contribution in [3.05, 3.63) is 78.0 Å². The predicted molar refractivity (Wildman–Crippen MR) is 151 cm³/mol. The molecule has 198 valence electrons. The Morgan fingerprint density at radius 1 is 0.919 bits per heavy atom. The second kappa shape index (κ2) is 17.3. The molecule has 9 heteroatoms. The van der Waals surface area contributed by atoms with Crippen molar-refractivity contribution in [2.75, 3.05) is 33.2 Å². The fourth-order valence-electron chi connectivity index (χ4n) is 3.62. The molecule has 0 bridgehead atoms. The van der Waals surface area contributed by atoms with Crippen molar-refractivity contribution in [3.63, 3.8) is 0 Å². The number of aryl methyl sites for hydroxylation is 1.